The van der Waals surface area contributed by atoms with Gasteiger partial charge in [0.1, 0.15) is 0 Å². The first-order chi connectivity index (χ1) is 11.5. The molecule has 0 aromatic carbocycles. The Morgan fingerprint density at radius 2 is 2.33 bits per heavy atom. The Kier molecular flexibility index (Phi) is 5.30. The number of amides is 1. The largest absolute Gasteiger partial charge is 0.342 e. The van der Waals surface area contributed by atoms with Crippen LogP contribution in [0.1, 0.15) is 22.6 Å². The van der Waals surface area contributed by atoms with E-state index in [1.807, 2.05) is 23.7 Å². The first-order valence-electron chi connectivity index (χ1n) is 8.34. The Morgan fingerprint density at radius 3 is 3.00 bits per heavy atom. The SMILES string of the molecule is Cc1ncsc1CN(C)C[C@H]1CCN(C(=O)Cc2cnn(C)c2)C1. The number of carbonyl (C=O) groups excluding carboxylic acids is 1. The topological polar surface area (TPSA) is 54.3 Å². The van der Waals surface area contributed by atoms with E-state index in [1.54, 1.807) is 22.2 Å². The predicted octanol–water partition coefficient (Wildman–Crippen LogP) is 1.71. The van der Waals surface area contributed by atoms with E-state index in [1.165, 1.54) is 4.88 Å². The number of hydrogen-bond acceptors (Lipinski definition) is 5. The van der Waals surface area contributed by atoms with Crippen LogP contribution in [0.4, 0.5) is 0 Å². The van der Waals surface area contributed by atoms with Gasteiger partial charge in [-0.05, 0) is 31.9 Å². The molecule has 1 aliphatic heterocycles. The maximum absolute atomic E-state index is 12.4. The van der Waals surface area contributed by atoms with Crippen LogP contribution >= 0.6 is 11.3 Å². The number of carbonyl (C=O) groups is 1. The molecule has 0 aliphatic carbocycles. The van der Waals surface area contributed by atoms with Crippen LogP contribution in [0.25, 0.3) is 0 Å². The number of hydrogen-bond donors (Lipinski definition) is 0. The summed E-state index contributed by atoms with van der Waals surface area (Å²) in [6.45, 7) is 5.76. The molecular weight excluding hydrogens is 322 g/mol. The van der Waals surface area contributed by atoms with Gasteiger partial charge in [-0.25, -0.2) is 4.98 Å². The van der Waals surface area contributed by atoms with Gasteiger partial charge in [-0.2, -0.15) is 5.10 Å². The van der Waals surface area contributed by atoms with Crippen molar-refractivity contribution in [1.82, 2.24) is 24.6 Å². The van der Waals surface area contributed by atoms with Crippen molar-refractivity contribution in [3.8, 4) is 0 Å². The van der Waals surface area contributed by atoms with Crippen molar-refractivity contribution in [2.24, 2.45) is 13.0 Å². The molecular formula is C17H25N5OS. The van der Waals surface area contributed by atoms with E-state index >= 15 is 0 Å². The number of aryl methyl sites for hydroxylation is 2. The highest BCUT2D eigenvalue weighted by Gasteiger charge is 2.27. The van der Waals surface area contributed by atoms with Gasteiger partial charge in [0, 0.05) is 44.3 Å². The number of nitrogens with zero attached hydrogens (tertiary/aromatic N) is 5. The van der Waals surface area contributed by atoms with Crippen LogP contribution < -0.4 is 0 Å². The maximum atomic E-state index is 12.4. The van der Waals surface area contributed by atoms with E-state index in [9.17, 15) is 4.79 Å². The van der Waals surface area contributed by atoms with Gasteiger partial charge < -0.3 is 9.80 Å². The molecule has 3 heterocycles. The fourth-order valence-corrected chi connectivity index (χ4v) is 4.14. The van der Waals surface area contributed by atoms with E-state index in [4.69, 9.17) is 0 Å². The zero-order chi connectivity index (χ0) is 17.1. The van der Waals surface area contributed by atoms with Crippen molar-refractivity contribution in [2.45, 2.75) is 26.3 Å². The fourth-order valence-electron chi connectivity index (χ4n) is 3.29. The van der Waals surface area contributed by atoms with Gasteiger partial charge >= 0.3 is 0 Å². The lowest BCUT2D eigenvalue weighted by Gasteiger charge is -2.21. The summed E-state index contributed by atoms with van der Waals surface area (Å²) in [6.07, 6.45) is 5.23. The molecule has 2 aromatic rings. The molecule has 24 heavy (non-hydrogen) atoms. The molecule has 0 radical (unpaired) electrons. The number of thiazole rings is 1. The van der Waals surface area contributed by atoms with E-state index in [-0.39, 0.29) is 5.91 Å². The molecule has 6 nitrogen and oxygen atoms in total. The quantitative estimate of drug-likeness (QED) is 0.798. The molecule has 1 aliphatic rings. The molecule has 0 spiro atoms. The van der Waals surface area contributed by atoms with Crippen LogP contribution in [0.15, 0.2) is 17.9 Å². The van der Waals surface area contributed by atoms with Gasteiger partial charge in [0.2, 0.25) is 5.91 Å². The van der Waals surface area contributed by atoms with Crippen molar-refractivity contribution in [1.29, 1.82) is 0 Å². The standard InChI is InChI=1S/C17H25N5OS/c1-13-16(24-12-18-13)11-20(2)8-14-4-5-22(10-14)17(23)6-15-7-19-21(3)9-15/h7,9,12,14H,4-6,8,10-11H2,1-3H3/t14-/m1/s1. The lowest BCUT2D eigenvalue weighted by molar-refractivity contribution is -0.129. The highest BCUT2D eigenvalue weighted by atomic mass is 32.1. The monoisotopic (exact) mass is 347 g/mol. The lowest BCUT2D eigenvalue weighted by Crippen LogP contribution is -2.32. The second kappa shape index (κ2) is 7.44. The third-order valence-electron chi connectivity index (χ3n) is 4.58. The summed E-state index contributed by atoms with van der Waals surface area (Å²) < 4.78 is 1.74. The zero-order valence-corrected chi connectivity index (χ0v) is 15.4. The van der Waals surface area contributed by atoms with Crippen molar-refractivity contribution < 1.29 is 4.79 Å². The highest BCUT2D eigenvalue weighted by Crippen LogP contribution is 2.20. The third kappa shape index (κ3) is 4.21. The van der Waals surface area contributed by atoms with Crippen LogP contribution in [0.3, 0.4) is 0 Å². The first-order valence-corrected chi connectivity index (χ1v) is 9.22. The van der Waals surface area contributed by atoms with Crippen LogP contribution in [-0.4, -0.2) is 57.2 Å². The minimum atomic E-state index is 0.214. The minimum Gasteiger partial charge on any atom is -0.342 e. The summed E-state index contributed by atoms with van der Waals surface area (Å²) in [6, 6.07) is 0. The van der Waals surface area contributed by atoms with E-state index in [0.717, 1.165) is 43.9 Å². The Balaban J connectivity index is 1.46. The molecule has 1 fully saturated rings. The number of rotatable bonds is 6. The Bertz CT molecular complexity index is 695. The first kappa shape index (κ1) is 17.1. The van der Waals surface area contributed by atoms with Crippen LogP contribution in [0.2, 0.25) is 0 Å². The molecule has 7 heteroatoms. The Hall–Kier alpha value is -1.73. The lowest BCUT2D eigenvalue weighted by atomic mass is 10.1. The molecule has 2 aromatic heterocycles. The summed E-state index contributed by atoms with van der Waals surface area (Å²) >= 11 is 1.72. The normalized spacial score (nSPS) is 17.8. The highest BCUT2D eigenvalue weighted by molar-refractivity contribution is 7.09. The van der Waals surface area contributed by atoms with Crippen LogP contribution in [0, 0.1) is 12.8 Å². The van der Waals surface area contributed by atoms with Gasteiger partial charge in [0.05, 0.1) is 23.8 Å². The molecule has 1 amide bonds. The average Bonchev–Trinajstić information content (AvgIpc) is 3.23. The predicted molar refractivity (Wildman–Crippen MR) is 94.8 cm³/mol. The summed E-state index contributed by atoms with van der Waals surface area (Å²) in [5.74, 6) is 0.771. The zero-order valence-electron chi connectivity index (χ0n) is 14.6. The van der Waals surface area contributed by atoms with Crippen molar-refractivity contribution in [3.63, 3.8) is 0 Å². The van der Waals surface area contributed by atoms with E-state index in [0.29, 0.717) is 12.3 Å². The van der Waals surface area contributed by atoms with Crippen molar-refractivity contribution in [2.75, 3.05) is 26.7 Å². The minimum absolute atomic E-state index is 0.214. The summed E-state index contributed by atoms with van der Waals surface area (Å²) in [5.41, 5.74) is 4.03. The second-order valence-corrected chi connectivity index (χ2v) is 7.69. The second-order valence-electron chi connectivity index (χ2n) is 6.75. The van der Waals surface area contributed by atoms with Gasteiger partial charge in [0.15, 0.2) is 0 Å². The van der Waals surface area contributed by atoms with Gasteiger partial charge in [0.25, 0.3) is 0 Å². The summed E-state index contributed by atoms with van der Waals surface area (Å²) in [4.78, 5) is 22.4. The molecule has 0 unspecified atom stereocenters. The van der Waals surface area contributed by atoms with E-state index < -0.39 is 0 Å². The van der Waals surface area contributed by atoms with E-state index in [2.05, 4.69) is 29.0 Å². The maximum Gasteiger partial charge on any atom is 0.227 e. The summed E-state index contributed by atoms with van der Waals surface area (Å²) in [7, 11) is 4.03. The Labute approximate surface area is 147 Å². The fraction of sp³-hybridized carbons (Fsp3) is 0.588. The molecule has 0 N–H and O–H groups in total. The molecule has 1 saturated heterocycles. The van der Waals surface area contributed by atoms with Crippen LogP contribution in [-0.2, 0) is 24.8 Å². The van der Waals surface area contributed by atoms with Crippen LogP contribution in [0.5, 0.6) is 0 Å². The van der Waals surface area contributed by atoms with Gasteiger partial charge in [-0.15, -0.1) is 11.3 Å². The van der Waals surface area contributed by atoms with Crippen molar-refractivity contribution in [3.05, 3.63) is 34.0 Å². The molecule has 0 bridgehead atoms. The Morgan fingerprint density at radius 1 is 1.50 bits per heavy atom. The molecule has 1 atom stereocenters. The number of likely N-dealkylation sites (tertiary alicyclic amines) is 1. The molecule has 0 saturated carbocycles. The molecule has 3 rings (SSSR count). The third-order valence-corrected chi connectivity index (χ3v) is 5.50. The van der Waals surface area contributed by atoms with Crippen molar-refractivity contribution >= 4 is 17.2 Å². The number of aromatic nitrogens is 3. The van der Waals surface area contributed by atoms with Gasteiger partial charge in [-0.3, -0.25) is 9.48 Å². The summed E-state index contributed by atoms with van der Waals surface area (Å²) in [5, 5.41) is 4.13. The van der Waals surface area contributed by atoms with Gasteiger partial charge in [-0.1, -0.05) is 0 Å². The smallest absolute Gasteiger partial charge is 0.227 e. The molecule has 130 valence electrons. The average molecular weight is 347 g/mol.